The van der Waals surface area contributed by atoms with E-state index in [1.807, 2.05) is 41.3 Å². The predicted octanol–water partition coefficient (Wildman–Crippen LogP) is 4.15. The highest BCUT2D eigenvalue weighted by atomic mass is 35.5. The van der Waals surface area contributed by atoms with E-state index >= 15 is 0 Å². The molecule has 4 rings (SSSR count). The topological polar surface area (TPSA) is 65.1 Å². The van der Waals surface area contributed by atoms with Crippen molar-refractivity contribution in [3.8, 4) is 11.5 Å². The molecule has 1 aliphatic heterocycles. The van der Waals surface area contributed by atoms with E-state index in [1.165, 1.54) is 7.11 Å². The van der Waals surface area contributed by atoms with Gasteiger partial charge in [-0.25, -0.2) is 0 Å². The first-order valence-electron chi connectivity index (χ1n) is 10.3. The summed E-state index contributed by atoms with van der Waals surface area (Å²) in [7, 11) is 4.53. The molecule has 0 aromatic heterocycles. The van der Waals surface area contributed by atoms with Gasteiger partial charge in [-0.3, -0.25) is 9.59 Å². The van der Waals surface area contributed by atoms with Gasteiger partial charge in [-0.05, 0) is 53.6 Å². The second-order valence-electron chi connectivity index (χ2n) is 7.95. The van der Waals surface area contributed by atoms with Crippen molar-refractivity contribution in [2.45, 2.75) is 31.2 Å². The van der Waals surface area contributed by atoms with Gasteiger partial charge in [0.2, 0.25) is 5.91 Å². The zero-order valence-corrected chi connectivity index (χ0v) is 18.6. The summed E-state index contributed by atoms with van der Waals surface area (Å²) in [5, 5.41) is 0.690. The van der Waals surface area contributed by atoms with Gasteiger partial charge in [0.1, 0.15) is 0 Å². The maximum atomic E-state index is 13.5. The number of carbonyl (C=O) groups excluding carboxylic acids is 2. The molecule has 3 unspecified atom stereocenters. The molecule has 1 saturated carbocycles. The van der Waals surface area contributed by atoms with E-state index < -0.39 is 6.04 Å². The number of benzene rings is 2. The zero-order valence-electron chi connectivity index (χ0n) is 17.9. The molecule has 0 spiro atoms. The highest BCUT2D eigenvalue weighted by molar-refractivity contribution is 6.31. The summed E-state index contributed by atoms with van der Waals surface area (Å²) in [5.74, 6) is 0.904. The van der Waals surface area contributed by atoms with E-state index in [4.69, 9.17) is 25.8 Å². The van der Waals surface area contributed by atoms with Crippen LogP contribution in [0, 0.1) is 5.92 Å². The average molecular weight is 444 g/mol. The first-order valence-corrected chi connectivity index (χ1v) is 10.7. The van der Waals surface area contributed by atoms with Gasteiger partial charge >= 0.3 is 5.97 Å². The quantitative estimate of drug-likeness (QED) is 0.627. The Hall–Kier alpha value is -2.73. The van der Waals surface area contributed by atoms with Gasteiger partial charge in [-0.1, -0.05) is 29.8 Å². The fraction of sp³-hybridized carbons (Fsp3) is 0.417. The molecule has 3 atom stereocenters. The summed E-state index contributed by atoms with van der Waals surface area (Å²) in [4.78, 5) is 27.5. The number of amides is 1. The Morgan fingerprint density at radius 2 is 1.77 bits per heavy atom. The molecule has 7 heteroatoms. The first kappa shape index (κ1) is 21.5. The minimum atomic E-state index is -0.406. The van der Waals surface area contributed by atoms with Crippen LogP contribution in [0.1, 0.15) is 41.5 Å². The number of carbonyl (C=O) groups is 2. The van der Waals surface area contributed by atoms with Crippen LogP contribution < -0.4 is 9.47 Å². The summed E-state index contributed by atoms with van der Waals surface area (Å²) >= 11 is 6.35. The molecule has 2 aromatic carbocycles. The van der Waals surface area contributed by atoms with Crippen molar-refractivity contribution >= 4 is 23.5 Å². The number of hydrogen-bond donors (Lipinski definition) is 0. The van der Waals surface area contributed by atoms with Gasteiger partial charge in [-0.15, -0.1) is 0 Å². The van der Waals surface area contributed by atoms with Crippen LogP contribution in [0.15, 0.2) is 36.4 Å². The lowest BCUT2D eigenvalue weighted by Crippen LogP contribution is -2.42. The van der Waals surface area contributed by atoms with Gasteiger partial charge in [0.25, 0.3) is 0 Å². The normalized spacial score (nSPS) is 21.8. The second kappa shape index (κ2) is 8.79. The van der Waals surface area contributed by atoms with E-state index in [-0.39, 0.29) is 30.1 Å². The number of fused-ring (bicyclic) bond motifs is 1. The minimum Gasteiger partial charge on any atom is -0.493 e. The van der Waals surface area contributed by atoms with Crippen LogP contribution in [-0.2, 0) is 20.7 Å². The van der Waals surface area contributed by atoms with Crippen LogP contribution in [0.2, 0.25) is 5.02 Å². The third-order valence-electron chi connectivity index (χ3n) is 6.29. The maximum absolute atomic E-state index is 13.5. The Labute approximate surface area is 187 Å². The molecule has 1 heterocycles. The number of methoxy groups -OCH3 is 3. The lowest BCUT2D eigenvalue weighted by atomic mass is 9.89. The molecule has 2 aliphatic rings. The molecule has 31 heavy (non-hydrogen) atoms. The van der Waals surface area contributed by atoms with E-state index in [9.17, 15) is 9.59 Å². The Balaban J connectivity index is 1.64. The Kier molecular flexibility index (Phi) is 6.10. The van der Waals surface area contributed by atoms with Crippen molar-refractivity contribution in [2.75, 3.05) is 27.9 Å². The SMILES string of the molecule is COC(=O)CC1c2cc(OC)c(OC)cc2CCN1C(=O)C1CC1c1ccccc1Cl. The summed E-state index contributed by atoms with van der Waals surface area (Å²) in [6.45, 7) is 0.536. The second-order valence-corrected chi connectivity index (χ2v) is 8.36. The lowest BCUT2D eigenvalue weighted by Gasteiger charge is -2.37. The number of ether oxygens (including phenoxy) is 3. The van der Waals surface area contributed by atoms with Crippen LogP contribution in [0.5, 0.6) is 11.5 Å². The van der Waals surface area contributed by atoms with Crippen LogP contribution in [-0.4, -0.2) is 44.7 Å². The predicted molar refractivity (Wildman–Crippen MR) is 117 cm³/mol. The smallest absolute Gasteiger partial charge is 0.307 e. The number of nitrogens with zero attached hydrogens (tertiary/aromatic N) is 1. The average Bonchev–Trinajstić information content (AvgIpc) is 3.58. The van der Waals surface area contributed by atoms with E-state index in [2.05, 4.69) is 0 Å². The van der Waals surface area contributed by atoms with Crippen LogP contribution in [0.3, 0.4) is 0 Å². The van der Waals surface area contributed by atoms with Crippen molar-refractivity contribution < 1.29 is 23.8 Å². The number of halogens is 1. The molecule has 1 amide bonds. The Morgan fingerprint density at radius 3 is 2.45 bits per heavy atom. The van der Waals surface area contributed by atoms with Crippen molar-refractivity contribution in [2.24, 2.45) is 5.92 Å². The Morgan fingerprint density at radius 1 is 1.06 bits per heavy atom. The number of esters is 1. The number of rotatable bonds is 6. The Bertz CT molecular complexity index is 1010. The van der Waals surface area contributed by atoms with Gasteiger partial charge < -0.3 is 19.1 Å². The van der Waals surface area contributed by atoms with E-state index in [1.54, 1.807) is 14.2 Å². The molecular formula is C24H26ClNO5. The van der Waals surface area contributed by atoms with Crippen molar-refractivity contribution in [1.29, 1.82) is 0 Å². The van der Waals surface area contributed by atoms with E-state index in [0.29, 0.717) is 29.5 Å². The van der Waals surface area contributed by atoms with Gasteiger partial charge in [0.05, 0.1) is 33.8 Å². The molecule has 0 radical (unpaired) electrons. The van der Waals surface area contributed by atoms with Crippen LogP contribution in [0.4, 0.5) is 0 Å². The third kappa shape index (κ3) is 4.09. The zero-order chi connectivity index (χ0) is 22.1. The fourth-order valence-corrected chi connectivity index (χ4v) is 4.83. The number of hydrogen-bond acceptors (Lipinski definition) is 5. The third-order valence-corrected chi connectivity index (χ3v) is 6.63. The van der Waals surface area contributed by atoms with Crippen molar-refractivity contribution in [1.82, 2.24) is 4.90 Å². The monoisotopic (exact) mass is 443 g/mol. The van der Waals surface area contributed by atoms with Crippen molar-refractivity contribution in [3.05, 3.63) is 58.1 Å². The van der Waals surface area contributed by atoms with Crippen molar-refractivity contribution in [3.63, 3.8) is 0 Å². The molecule has 164 valence electrons. The fourth-order valence-electron chi connectivity index (χ4n) is 4.55. The lowest BCUT2D eigenvalue weighted by molar-refractivity contribution is -0.144. The van der Waals surface area contributed by atoms with E-state index in [0.717, 1.165) is 23.1 Å². The molecule has 0 bridgehead atoms. The summed E-state index contributed by atoms with van der Waals surface area (Å²) < 4.78 is 15.8. The molecule has 1 fully saturated rings. The first-order chi connectivity index (χ1) is 15.0. The minimum absolute atomic E-state index is 0.0549. The standard InChI is InChI=1S/C24H26ClNO5/c1-29-21-10-14-8-9-26(20(13-23(27)31-3)16(14)12-22(21)30-2)24(28)18-11-17(18)15-6-4-5-7-19(15)25/h4-7,10,12,17-18,20H,8-9,11,13H2,1-3H3. The highest BCUT2D eigenvalue weighted by Gasteiger charge is 2.48. The summed E-state index contributed by atoms with van der Waals surface area (Å²) in [6, 6.07) is 11.1. The maximum Gasteiger partial charge on any atom is 0.307 e. The molecule has 1 aliphatic carbocycles. The molecule has 0 saturated heterocycles. The van der Waals surface area contributed by atoms with Crippen LogP contribution in [0.25, 0.3) is 0 Å². The molecule has 2 aromatic rings. The van der Waals surface area contributed by atoms with Gasteiger partial charge in [0, 0.05) is 17.5 Å². The highest BCUT2D eigenvalue weighted by Crippen LogP contribution is 2.52. The largest absolute Gasteiger partial charge is 0.493 e. The molecule has 0 N–H and O–H groups in total. The molecule has 6 nitrogen and oxygen atoms in total. The van der Waals surface area contributed by atoms with Gasteiger partial charge in [-0.2, -0.15) is 0 Å². The van der Waals surface area contributed by atoms with Crippen LogP contribution >= 0.6 is 11.6 Å². The summed E-state index contributed by atoms with van der Waals surface area (Å²) in [5.41, 5.74) is 2.96. The van der Waals surface area contributed by atoms with Gasteiger partial charge in [0.15, 0.2) is 11.5 Å². The molecular weight excluding hydrogens is 418 g/mol. The summed E-state index contributed by atoms with van der Waals surface area (Å²) in [6.07, 6.45) is 1.54.